The third-order valence-electron chi connectivity index (χ3n) is 6.10. The summed E-state index contributed by atoms with van der Waals surface area (Å²) < 4.78 is 87.8. The van der Waals surface area contributed by atoms with Gasteiger partial charge in [-0.3, -0.25) is 14.2 Å². The highest BCUT2D eigenvalue weighted by Gasteiger charge is 2.38. The van der Waals surface area contributed by atoms with Gasteiger partial charge in [-0.1, -0.05) is 6.92 Å². The van der Waals surface area contributed by atoms with Crippen LogP contribution in [0, 0.1) is 0 Å². The van der Waals surface area contributed by atoms with E-state index in [1.54, 1.807) is 6.20 Å². The summed E-state index contributed by atoms with van der Waals surface area (Å²) in [5.41, 5.74) is -2.85. The third-order valence-corrected chi connectivity index (χ3v) is 6.10. The molecule has 1 aromatic carbocycles. The SMILES string of the molecule is CCc1cn(-c2ccc3n(c2=O)C[C@@H](COC)N(Cc2cc(C(F)(F)F)cc(C(F)(F)F)c2)C3=O)cn1. The molecule has 3 aromatic rings. The normalized spacial score (nSPS) is 16.3. The number of aromatic nitrogens is 3. The Hall–Kier alpha value is -3.61. The zero-order valence-corrected chi connectivity index (χ0v) is 19.7. The lowest BCUT2D eigenvalue weighted by molar-refractivity contribution is -0.143. The Morgan fingerprint density at radius 2 is 1.68 bits per heavy atom. The second kappa shape index (κ2) is 9.69. The first-order chi connectivity index (χ1) is 17.3. The minimum Gasteiger partial charge on any atom is -0.382 e. The quantitative estimate of drug-likeness (QED) is 0.448. The van der Waals surface area contributed by atoms with Crippen molar-refractivity contribution in [3.63, 3.8) is 0 Å². The number of halogens is 6. The maximum absolute atomic E-state index is 13.4. The molecule has 7 nitrogen and oxygen atoms in total. The number of alkyl halides is 6. The first kappa shape index (κ1) is 26.5. The van der Waals surface area contributed by atoms with Crippen molar-refractivity contribution in [2.24, 2.45) is 0 Å². The zero-order chi connectivity index (χ0) is 27.1. The number of benzene rings is 1. The molecule has 198 valence electrons. The molecule has 0 N–H and O–H groups in total. The molecule has 0 unspecified atom stereocenters. The van der Waals surface area contributed by atoms with Crippen molar-refractivity contribution in [1.82, 2.24) is 19.0 Å². The van der Waals surface area contributed by atoms with Crippen LogP contribution in [0.25, 0.3) is 5.69 Å². The van der Waals surface area contributed by atoms with Crippen LogP contribution in [-0.4, -0.2) is 44.7 Å². The second-order valence-corrected chi connectivity index (χ2v) is 8.60. The van der Waals surface area contributed by atoms with Crippen molar-refractivity contribution in [2.75, 3.05) is 13.7 Å². The molecule has 0 fully saturated rings. The van der Waals surface area contributed by atoms with E-state index < -0.39 is 47.5 Å². The van der Waals surface area contributed by atoms with E-state index in [9.17, 15) is 35.9 Å². The van der Waals surface area contributed by atoms with Crippen molar-refractivity contribution >= 4 is 5.91 Å². The van der Waals surface area contributed by atoms with Crippen LogP contribution in [0.5, 0.6) is 0 Å². The summed E-state index contributed by atoms with van der Waals surface area (Å²) in [7, 11) is 1.33. The highest BCUT2D eigenvalue weighted by Crippen LogP contribution is 2.37. The molecule has 1 aliphatic heterocycles. The van der Waals surface area contributed by atoms with Gasteiger partial charge in [0.15, 0.2) is 0 Å². The molecule has 4 rings (SSSR count). The van der Waals surface area contributed by atoms with Crippen molar-refractivity contribution in [3.8, 4) is 5.69 Å². The second-order valence-electron chi connectivity index (χ2n) is 8.60. The third kappa shape index (κ3) is 5.26. The number of carbonyl (C=O) groups excluding carboxylic acids is 1. The summed E-state index contributed by atoms with van der Waals surface area (Å²) in [6, 6.07) is 3.20. The van der Waals surface area contributed by atoms with E-state index in [-0.39, 0.29) is 36.2 Å². The lowest BCUT2D eigenvalue weighted by atomic mass is 10.0. The van der Waals surface area contributed by atoms with Crippen molar-refractivity contribution in [2.45, 2.75) is 44.8 Å². The minimum atomic E-state index is -5.02. The number of rotatable bonds is 6. The molecule has 0 bridgehead atoms. The van der Waals surface area contributed by atoms with E-state index in [4.69, 9.17) is 4.74 Å². The molecule has 2 aromatic heterocycles. The molecule has 0 spiro atoms. The van der Waals surface area contributed by atoms with Gasteiger partial charge in [-0.2, -0.15) is 26.3 Å². The van der Waals surface area contributed by atoms with Crippen LogP contribution in [-0.2, 0) is 36.6 Å². The van der Waals surface area contributed by atoms with Gasteiger partial charge in [-0.25, -0.2) is 4.98 Å². The topological polar surface area (TPSA) is 69.4 Å². The Labute approximate surface area is 206 Å². The number of amides is 1. The highest BCUT2D eigenvalue weighted by molar-refractivity contribution is 5.93. The van der Waals surface area contributed by atoms with Crippen LogP contribution in [0.3, 0.4) is 0 Å². The van der Waals surface area contributed by atoms with Crippen molar-refractivity contribution in [3.05, 3.63) is 81.3 Å². The minimum absolute atomic E-state index is 0.0324. The van der Waals surface area contributed by atoms with Gasteiger partial charge in [0.1, 0.15) is 11.4 Å². The van der Waals surface area contributed by atoms with E-state index in [0.717, 1.165) is 10.6 Å². The summed E-state index contributed by atoms with van der Waals surface area (Å²) >= 11 is 0. The fraction of sp³-hybridized carbons (Fsp3) is 0.375. The van der Waals surface area contributed by atoms with Crippen LogP contribution >= 0.6 is 0 Å². The number of hydrogen-bond donors (Lipinski definition) is 0. The van der Waals surface area contributed by atoms with Crippen LogP contribution < -0.4 is 5.56 Å². The predicted octanol–water partition coefficient (Wildman–Crippen LogP) is 4.31. The largest absolute Gasteiger partial charge is 0.416 e. The Balaban J connectivity index is 1.74. The number of fused-ring (bicyclic) bond motifs is 1. The number of pyridine rings is 1. The van der Waals surface area contributed by atoms with E-state index in [2.05, 4.69) is 4.98 Å². The maximum atomic E-state index is 13.4. The van der Waals surface area contributed by atoms with Crippen LogP contribution in [0.2, 0.25) is 0 Å². The molecular formula is C24H22F6N4O3. The summed E-state index contributed by atoms with van der Waals surface area (Å²) in [6.45, 7) is 1.19. The average molecular weight is 528 g/mol. The average Bonchev–Trinajstić information content (AvgIpc) is 3.30. The van der Waals surface area contributed by atoms with E-state index in [1.165, 1.54) is 34.7 Å². The first-order valence-electron chi connectivity index (χ1n) is 11.2. The molecule has 0 saturated heterocycles. The zero-order valence-electron chi connectivity index (χ0n) is 19.7. The van der Waals surface area contributed by atoms with E-state index in [0.29, 0.717) is 18.6 Å². The Morgan fingerprint density at radius 1 is 1.03 bits per heavy atom. The molecule has 1 aliphatic rings. The van der Waals surface area contributed by atoms with Gasteiger partial charge in [-0.05, 0) is 42.3 Å². The smallest absolute Gasteiger partial charge is 0.382 e. The predicted molar refractivity (Wildman–Crippen MR) is 119 cm³/mol. The Morgan fingerprint density at radius 3 is 2.22 bits per heavy atom. The van der Waals surface area contributed by atoms with E-state index in [1.807, 2.05) is 6.92 Å². The van der Waals surface area contributed by atoms with Crippen LogP contribution in [0.15, 0.2) is 47.7 Å². The van der Waals surface area contributed by atoms with Gasteiger partial charge in [0.05, 0.1) is 35.8 Å². The molecule has 1 amide bonds. The lowest BCUT2D eigenvalue weighted by Crippen LogP contribution is -2.52. The monoisotopic (exact) mass is 528 g/mol. The summed E-state index contributed by atoms with van der Waals surface area (Å²) in [6.07, 6.45) is -6.24. The molecule has 1 atom stereocenters. The van der Waals surface area contributed by atoms with Crippen molar-refractivity contribution in [1.29, 1.82) is 0 Å². The highest BCUT2D eigenvalue weighted by atomic mass is 19.4. The first-order valence-corrected chi connectivity index (χ1v) is 11.2. The van der Waals surface area contributed by atoms with Gasteiger partial charge in [0, 0.05) is 26.4 Å². The fourth-order valence-electron chi connectivity index (χ4n) is 4.27. The number of ether oxygens (including phenoxy) is 1. The number of aryl methyl sites for hydroxylation is 1. The van der Waals surface area contributed by atoms with Gasteiger partial charge >= 0.3 is 12.4 Å². The molecular weight excluding hydrogens is 506 g/mol. The fourth-order valence-corrected chi connectivity index (χ4v) is 4.27. The van der Waals surface area contributed by atoms with E-state index >= 15 is 0 Å². The number of methoxy groups -OCH3 is 1. The molecule has 0 aliphatic carbocycles. The van der Waals surface area contributed by atoms with Crippen LogP contribution in [0.1, 0.15) is 39.8 Å². The van der Waals surface area contributed by atoms with Gasteiger partial charge < -0.3 is 14.2 Å². The molecule has 37 heavy (non-hydrogen) atoms. The summed E-state index contributed by atoms with van der Waals surface area (Å²) in [4.78, 5) is 31.9. The van der Waals surface area contributed by atoms with Gasteiger partial charge in [0.2, 0.25) is 0 Å². The van der Waals surface area contributed by atoms with Gasteiger partial charge in [0.25, 0.3) is 11.5 Å². The molecule has 3 heterocycles. The number of carbonyl (C=O) groups is 1. The lowest BCUT2D eigenvalue weighted by Gasteiger charge is -2.37. The maximum Gasteiger partial charge on any atom is 0.416 e. The molecule has 13 heteroatoms. The number of imidazole rings is 1. The van der Waals surface area contributed by atoms with Gasteiger partial charge in [-0.15, -0.1) is 0 Å². The Kier molecular flexibility index (Phi) is 6.93. The summed E-state index contributed by atoms with van der Waals surface area (Å²) in [5, 5.41) is 0. The number of hydrogen-bond acceptors (Lipinski definition) is 4. The van der Waals surface area contributed by atoms with Crippen LogP contribution in [0.4, 0.5) is 26.3 Å². The molecule has 0 radical (unpaired) electrons. The molecule has 0 saturated carbocycles. The Bertz CT molecular complexity index is 1340. The standard InChI is InChI=1S/C24H22F6N4O3/c1-3-17-10-32(13-31-17)19-4-5-20-22(36)33(18(12-37-2)11-34(20)21(19)35)9-14-6-15(23(25,26)27)8-16(7-14)24(28,29)30/h4-8,10,13,18H,3,9,11-12H2,1-2H3/t18-/m0/s1. The number of nitrogens with zero attached hydrogens (tertiary/aromatic N) is 4. The van der Waals surface area contributed by atoms with Crippen molar-refractivity contribution < 1.29 is 35.9 Å². The summed E-state index contributed by atoms with van der Waals surface area (Å²) in [5.74, 6) is -0.720.